The van der Waals surface area contributed by atoms with E-state index >= 15 is 0 Å². The zero-order chi connectivity index (χ0) is 20.7. The van der Waals surface area contributed by atoms with Crippen LogP contribution in [-0.4, -0.2) is 29.0 Å². The fourth-order valence-corrected chi connectivity index (χ4v) is 5.70. The minimum absolute atomic E-state index is 0.0883. The maximum atomic E-state index is 13.8. The van der Waals surface area contributed by atoms with Crippen molar-refractivity contribution in [3.63, 3.8) is 0 Å². The molecule has 154 valence electrons. The molecule has 5 nitrogen and oxygen atoms in total. The summed E-state index contributed by atoms with van der Waals surface area (Å²) in [6.45, 7) is 4.24. The van der Waals surface area contributed by atoms with Crippen LogP contribution in [0.3, 0.4) is 0 Å². The third-order valence-electron chi connectivity index (χ3n) is 6.86. The van der Waals surface area contributed by atoms with Crippen LogP contribution in [0.5, 0.6) is 5.75 Å². The lowest BCUT2D eigenvalue weighted by atomic mass is 9.61. The highest BCUT2D eigenvalue weighted by Crippen LogP contribution is 2.58. The molecule has 30 heavy (non-hydrogen) atoms. The lowest BCUT2D eigenvalue weighted by molar-refractivity contribution is -0.204. The van der Waals surface area contributed by atoms with Gasteiger partial charge >= 0.3 is 0 Å². The van der Waals surface area contributed by atoms with Crippen LogP contribution in [0, 0.1) is 11.8 Å². The monoisotopic (exact) mass is 402 g/mol. The number of benzene rings is 2. The molecule has 2 aliphatic heterocycles. The molecule has 2 aromatic rings. The summed E-state index contributed by atoms with van der Waals surface area (Å²) in [4.78, 5) is 29.0. The van der Waals surface area contributed by atoms with Gasteiger partial charge in [-0.25, -0.2) is 0 Å². The summed E-state index contributed by atoms with van der Waals surface area (Å²) in [5.74, 6) is -0.508. The van der Waals surface area contributed by atoms with E-state index in [9.17, 15) is 9.59 Å². The smallest absolute Gasteiger partial charge is 0.239 e. The Hall–Kier alpha value is -3.08. The molecule has 5 rings (SSSR count). The highest BCUT2D eigenvalue weighted by Gasteiger charge is 2.64. The number of rotatable bonds is 4. The minimum Gasteiger partial charge on any atom is -0.467 e. The van der Waals surface area contributed by atoms with Crippen molar-refractivity contribution in [3.8, 4) is 5.75 Å². The van der Waals surface area contributed by atoms with Crippen LogP contribution in [0.1, 0.15) is 37.2 Å². The van der Waals surface area contributed by atoms with Crippen LogP contribution in [0.25, 0.3) is 0 Å². The molecular weight excluding hydrogens is 376 g/mol. The molecule has 0 aromatic heterocycles. The van der Waals surface area contributed by atoms with E-state index < -0.39 is 11.6 Å². The van der Waals surface area contributed by atoms with Gasteiger partial charge in [-0.2, -0.15) is 0 Å². The van der Waals surface area contributed by atoms with Crippen molar-refractivity contribution < 1.29 is 14.3 Å². The second kappa shape index (κ2) is 7.31. The average Bonchev–Trinajstić information content (AvgIpc) is 2.77. The molecule has 1 N–H and O–H groups in total. The van der Waals surface area contributed by atoms with Crippen LogP contribution >= 0.6 is 0 Å². The Balaban J connectivity index is 1.63. The van der Waals surface area contributed by atoms with Gasteiger partial charge in [0.05, 0.1) is 0 Å². The van der Waals surface area contributed by atoms with Gasteiger partial charge in [0.2, 0.25) is 11.8 Å². The van der Waals surface area contributed by atoms with E-state index in [1.54, 1.807) is 11.0 Å². The number of nitrogens with one attached hydrogen (secondary N) is 1. The maximum absolute atomic E-state index is 13.8. The first kappa shape index (κ1) is 18.9. The number of hydrogen-bond donors (Lipinski definition) is 1. The van der Waals surface area contributed by atoms with Crippen LogP contribution in [0.15, 0.2) is 67.3 Å². The summed E-state index contributed by atoms with van der Waals surface area (Å²) in [6, 6.07) is 17.2. The molecule has 4 atom stereocenters. The van der Waals surface area contributed by atoms with Gasteiger partial charge < -0.3 is 10.1 Å². The Labute approximate surface area is 176 Å². The van der Waals surface area contributed by atoms with Crippen molar-refractivity contribution in [3.05, 3.63) is 72.8 Å². The number of hydrogen-bond acceptors (Lipinski definition) is 3. The van der Waals surface area contributed by atoms with Gasteiger partial charge in [0.15, 0.2) is 5.72 Å². The molecule has 2 amide bonds. The summed E-state index contributed by atoms with van der Waals surface area (Å²) in [7, 11) is 0. The number of nitrogens with zero attached hydrogens (tertiary/aromatic N) is 1. The van der Waals surface area contributed by atoms with Gasteiger partial charge in [0.1, 0.15) is 11.7 Å². The van der Waals surface area contributed by atoms with Crippen LogP contribution in [0.2, 0.25) is 0 Å². The fraction of sp³-hybridized carbons (Fsp3) is 0.360. The zero-order valence-corrected chi connectivity index (χ0v) is 16.9. The third-order valence-corrected chi connectivity index (χ3v) is 6.86. The third kappa shape index (κ3) is 2.76. The molecule has 2 heterocycles. The van der Waals surface area contributed by atoms with E-state index in [-0.39, 0.29) is 23.7 Å². The van der Waals surface area contributed by atoms with Crippen molar-refractivity contribution in [2.75, 3.05) is 11.9 Å². The Bertz CT molecular complexity index is 989. The molecule has 0 radical (unpaired) electrons. The first-order valence-electron chi connectivity index (χ1n) is 10.7. The standard InChI is InChI=1S/C25H26N2O3/c1-2-16-27-24(29)22(23(28)26-17-10-4-3-5-11-17)21-18-12-6-7-14-20(18)30-25(27)15-9-8-13-19(21)25/h2-7,10-12,14,19,21-22H,1,8-9,13,15-16H2,(H,26,28)/t19?,21?,22?,25-/m1/s1. The second-order valence-corrected chi connectivity index (χ2v) is 8.43. The van der Waals surface area contributed by atoms with Crippen molar-refractivity contribution in [1.82, 2.24) is 4.90 Å². The molecule has 1 aliphatic carbocycles. The number of likely N-dealkylation sites (tertiary alicyclic amines) is 1. The number of carbonyl (C=O) groups excluding carboxylic acids is 2. The molecular formula is C25H26N2O3. The van der Waals surface area contributed by atoms with Crippen molar-refractivity contribution in [1.29, 1.82) is 0 Å². The first-order valence-corrected chi connectivity index (χ1v) is 10.7. The summed E-state index contributed by atoms with van der Waals surface area (Å²) in [5, 5.41) is 2.98. The van der Waals surface area contributed by atoms with Gasteiger partial charge in [-0.3, -0.25) is 14.5 Å². The van der Waals surface area contributed by atoms with Crippen LogP contribution in [0.4, 0.5) is 5.69 Å². The topological polar surface area (TPSA) is 58.6 Å². The van der Waals surface area contributed by atoms with E-state index in [1.165, 1.54) is 0 Å². The molecule has 2 aromatic carbocycles. The second-order valence-electron chi connectivity index (χ2n) is 8.43. The van der Waals surface area contributed by atoms with E-state index in [4.69, 9.17) is 4.74 Å². The number of fused-ring (bicyclic) bond motifs is 2. The van der Waals surface area contributed by atoms with E-state index in [0.717, 1.165) is 37.0 Å². The van der Waals surface area contributed by atoms with Crippen molar-refractivity contribution in [2.45, 2.75) is 37.3 Å². The van der Waals surface area contributed by atoms with Gasteiger partial charge in [-0.05, 0) is 36.6 Å². The maximum Gasteiger partial charge on any atom is 0.239 e. The van der Waals surface area contributed by atoms with Crippen molar-refractivity contribution in [2.24, 2.45) is 11.8 Å². The molecule has 3 unspecified atom stereocenters. The number of piperidine rings is 1. The summed E-state index contributed by atoms with van der Waals surface area (Å²) >= 11 is 0. The normalized spacial score (nSPS) is 29.3. The molecule has 2 bridgehead atoms. The molecule has 5 heteroatoms. The minimum atomic E-state index is -0.786. The highest BCUT2D eigenvalue weighted by atomic mass is 16.5. The SMILES string of the molecule is C=CCN1C(=O)C(C(=O)Nc2ccccc2)C2c3ccccc3O[C@@]13CCCCC23. The largest absolute Gasteiger partial charge is 0.467 e. The number of amides is 2. The Morgan fingerprint density at radius 3 is 2.73 bits per heavy atom. The average molecular weight is 402 g/mol. The predicted molar refractivity (Wildman–Crippen MR) is 115 cm³/mol. The lowest BCUT2D eigenvalue weighted by Crippen LogP contribution is -2.71. The summed E-state index contributed by atoms with van der Waals surface area (Å²) in [6.07, 6.45) is 5.55. The Morgan fingerprint density at radius 1 is 1.17 bits per heavy atom. The quantitative estimate of drug-likeness (QED) is 0.612. The number of para-hydroxylation sites is 2. The van der Waals surface area contributed by atoms with E-state index in [2.05, 4.69) is 11.9 Å². The molecule has 1 saturated heterocycles. The number of carbonyl (C=O) groups is 2. The summed E-state index contributed by atoms with van der Waals surface area (Å²) in [5.41, 5.74) is 0.984. The van der Waals surface area contributed by atoms with Gasteiger partial charge in [-0.1, -0.05) is 48.9 Å². The number of ether oxygens (including phenoxy) is 1. The van der Waals surface area contributed by atoms with Gasteiger partial charge in [-0.15, -0.1) is 6.58 Å². The number of anilines is 1. The highest BCUT2D eigenvalue weighted by molar-refractivity contribution is 6.08. The zero-order valence-electron chi connectivity index (χ0n) is 16.9. The molecule has 0 spiro atoms. The fourth-order valence-electron chi connectivity index (χ4n) is 5.70. The first-order chi connectivity index (χ1) is 14.7. The van der Waals surface area contributed by atoms with Gasteiger partial charge in [0.25, 0.3) is 0 Å². The van der Waals surface area contributed by atoms with Crippen LogP contribution in [-0.2, 0) is 9.59 Å². The van der Waals surface area contributed by atoms with Crippen molar-refractivity contribution >= 4 is 17.5 Å². The summed E-state index contributed by atoms with van der Waals surface area (Å²) < 4.78 is 6.60. The predicted octanol–water partition coefficient (Wildman–Crippen LogP) is 4.33. The van der Waals surface area contributed by atoms with Gasteiger partial charge in [0, 0.05) is 30.5 Å². The lowest BCUT2D eigenvalue weighted by Gasteiger charge is -2.60. The Kier molecular flexibility index (Phi) is 4.61. The molecule has 2 fully saturated rings. The molecule has 1 saturated carbocycles. The van der Waals surface area contributed by atoms with Crippen LogP contribution < -0.4 is 10.1 Å². The Morgan fingerprint density at radius 2 is 1.93 bits per heavy atom. The molecule has 3 aliphatic rings. The van der Waals surface area contributed by atoms with E-state index in [1.807, 2.05) is 54.6 Å². The van der Waals surface area contributed by atoms with E-state index in [0.29, 0.717) is 12.2 Å².